The first-order chi connectivity index (χ1) is 10.6. The molecule has 0 radical (unpaired) electrons. The molecule has 0 atom stereocenters. The third-order valence-electron chi connectivity index (χ3n) is 2.93. The first-order valence-corrected chi connectivity index (χ1v) is 7.78. The predicted octanol–water partition coefficient (Wildman–Crippen LogP) is 3.89. The van der Waals surface area contributed by atoms with Crippen molar-refractivity contribution in [2.24, 2.45) is 0 Å². The predicted molar refractivity (Wildman–Crippen MR) is 89.1 cm³/mol. The van der Waals surface area contributed by atoms with E-state index in [2.05, 4.69) is 5.32 Å². The zero-order chi connectivity index (χ0) is 15.9. The Balaban J connectivity index is 2.03. The Morgan fingerprint density at radius 1 is 1.32 bits per heavy atom. The summed E-state index contributed by atoms with van der Waals surface area (Å²) in [7, 11) is 0. The Kier molecular flexibility index (Phi) is 5.49. The van der Waals surface area contributed by atoms with Crippen molar-refractivity contribution < 1.29 is 14.3 Å². The van der Waals surface area contributed by atoms with Crippen molar-refractivity contribution >= 4 is 35.0 Å². The minimum absolute atomic E-state index is 0.242. The summed E-state index contributed by atoms with van der Waals surface area (Å²) in [5.74, 6) is -0.642. The zero-order valence-corrected chi connectivity index (χ0v) is 13.3. The minimum atomic E-state index is -0.400. The summed E-state index contributed by atoms with van der Waals surface area (Å²) < 4.78 is 4.93. The molecule has 0 spiro atoms. The average molecular weight is 315 g/mol. The summed E-state index contributed by atoms with van der Waals surface area (Å²) in [4.78, 5) is 24.6. The fourth-order valence-electron chi connectivity index (χ4n) is 1.83. The van der Waals surface area contributed by atoms with Crippen LogP contribution in [-0.4, -0.2) is 18.5 Å². The van der Waals surface area contributed by atoms with E-state index in [1.807, 2.05) is 18.4 Å². The molecule has 0 unspecified atom stereocenters. The molecule has 1 heterocycles. The van der Waals surface area contributed by atoms with Crippen molar-refractivity contribution in [3.63, 3.8) is 0 Å². The maximum Gasteiger partial charge on any atom is 0.338 e. The highest BCUT2D eigenvalue weighted by Crippen LogP contribution is 2.17. The second kappa shape index (κ2) is 7.56. The van der Waals surface area contributed by atoms with Crippen LogP contribution < -0.4 is 5.32 Å². The van der Waals surface area contributed by atoms with Crippen LogP contribution >= 0.6 is 11.3 Å². The number of benzene rings is 1. The Bertz CT molecular complexity index is 703. The van der Waals surface area contributed by atoms with Crippen molar-refractivity contribution in [3.8, 4) is 0 Å². The van der Waals surface area contributed by atoms with Crippen LogP contribution in [0.2, 0.25) is 0 Å². The number of amides is 1. The van der Waals surface area contributed by atoms with E-state index in [1.165, 1.54) is 6.08 Å². The van der Waals surface area contributed by atoms with Crippen molar-refractivity contribution in [2.45, 2.75) is 13.8 Å². The molecule has 0 bridgehead atoms. The maximum absolute atomic E-state index is 11.9. The van der Waals surface area contributed by atoms with Gasteiger partial charge in [0.05, 0.1) is 12.2 Å². The molecule has 22 heavy (non-hydrogen) atoms. The van der Waals surface area contributed by atoms with Crippen molar-refractivity contribution in [2.75, 3.05) is 11.9 Å². The van der Waals surface area contributed by atoms with Gasteiger partial charge in [0, 0.05) is 16.6 Å². The van der Waals surface area contributed by atoms with Gasteiger partial charge >= 0.3 is 5.97 Å². The van der Waals surface area contributed by atoms with Crippen LogP contribution in [-0.2, 0) is 9.53 Å². The van der Waals surface area contributed by atoms with Crippen LogP contribution in [0, 0.1) is 6.92 Å². The molecule has 5 heteroatoms. The maximum atomic E-state index is 11.9. The van der Waals surface area contributed by atoms with Gasteiger partial charge in [-0.2, -0.15) is 0 Å². The van der Waals surface area contributed by atoms with Crippen LogP contribution in [0.25, 0.3) is 6.08 Å². The number of carbonyl (C=O) groups excluding carboxylic acids is 2. The lowest BCUT2D eigenvalue weighted by molar-refractivity contribution is -0.111. The minimum Gasteiger partial charge on any atom is -0.462 e. The van der Waals surface area contributed by atoms with Crippen molar-refractivity contribution in [3.05, 3.63) is 57.8 Å². The third-order valence-corrected chi connectivity index (χ3v) is 3.91. The lowest BCUT2D eigenvalue weighted by Gasteiger charge is -2.05. The van der Waals surface area contributed by atoms with Gasteiger partial charge in [-0.05, 0) is 55.1 Å². The zero-order valence-electron chi connectivity index (χ0n) is 12.5. The number of rotatable bonds is 5. The molecule has 1 aromatic heterocycles. The largest absolute Gasteiger partial charge is 0.462 e. The third kappa shape index (κ3) is 4.30. The van der Waals surface area contributed by atoms with Crippen LogP contribution in [0.15, 0.2) is 41.8 Å². The second-order valence-electron chi connectivity index (χ2n) is 4.59. The Morgan fingerprint density at radius 3 is 2.82 bits per heavy atom. The number of esters is 1. The van der Waals surface area contributed by atoms with Crippen LogP contribution in [0.5, 0.6) is 0 Å². The van der Waals surface area contributed by atoms with E-state index in [0.717, 1.165) is 10.4 Å². The number of hydrogen-bond donors (Lipinski definition) is 1. The fraction of sp³-hybridized carbons (Fsp3) is 0.176. The molecule has 4 nitrogen and oxygen atoms in total. The molecule has 2 rings (SSSR count). The van der Waals surface area contributed by atoms with Crippen LogP contribution in [0.4, 0.5) is 5.69 Å². The molecule has 0 aliphatic carbocycles. The monoisotopic (exact) mass is 315 g/mol. The first kappa shape index (κ1) is 16.0. The first-order valence-electron chi connectivity index (χ1n) is 6.90. The van der Waals surface area contributed by atoms with E-state index in [4.69, 9.17) is 4.74 Å². The molecule has 0 saturated heterocycles. The molecule has 1 N–H and O–H groups in total. The Labute approximate surface area is 133 Å². The van der Waals surface area contributed by atoms with Gasteiger partial charge in [-0.15, -0.1) is 11.3 Å². The lowest BCUT2D eigenvalue weighted by Crippen LogP contribution is -2.09. The summed E-state index contributed by atoms with van der Waals surface area (Å²) in [5, 5.41) is 4.71. The van der Waals surface area contributed by atoms with Crippen molar-refractivity contribution in [1.82, 2.24) is 0 Å². The van der Waals surface area contributed by atoms with E-state index in [0.29, 0.717) is 17.9 Å². The van der Waals surface area contributed by atoms with Crippen LogP contribution in [0.3, 0.4) is 0 Å². The van der Waals surface area contributed by atoms with Gasteiger partial charge in [-0.3, -0.25) is 4.79 Å². The average Bonchev–Trinajstić information content (AvgIpc) is 2.91. The van der Waals surface area contributed by atoms with Crippen molar-refractivity contribution in [1.29, 1.82) is 0 Å². The van der Waals surface area contributed by atoms with Gasteiger partial charge in [-0.1, -0.05) is 6.07 Å². The van der Waals surface area contributed by atoms with E-state index in [9.17, 15) is 9.59 Å². The molecule has 2 aromatic rings. The van der Waals surface area contributed by atoms with E-state index in [1.54, 1.807) is 48.6 Å². The molecule has 0 aliphatic heterocycles. The highest BCUT2D eigenvalue weighted by molar-refractivity contribution is 7.11. The summed E-state index contributed by atoms with van der Waals surface area (Å²) >= 11 is 1.58. The molecule has 114 valence electrons. The van der Waals surface area contributed by atoms with Gasteiger partial charge in [0.2, 0.25) is 5.91 Å². The fourth-order valence-corrected chi connectivity index (χ4v) is 2.65. The van der Waals surface area contributed by atoms with Gasteiger partial charge < -0.3 is 10.1 Å². The summed E-state index contributed by atoms with van der Waals surface area (Å²) in [6.07, 6.45) is 3.26. The SMILES string of the molecule is CCOC(=O)c1cccc(NC(=O)/C=C/c2sccc2C)c1. The topological polar surface area (TPSA) is 55.4 Å². The second-order valence-corrected chi connectivity index (χ2v) is 5.54. The number of hydrogen-bond acceptors (Lipinski definition) is 4. The highest BCUT2D eigenvalue weighted by Gasteiger charge is 2.07. The molecule has 0 saturated carbocycles. The Morgan fingerprint density at radius 2 is 2.14 bits per heavy atom. The molecule has 0 aliphatic rings. The molecule has 0 fully saturated rings. The molecular formula is C17H17NO3S. The smallest absolute Gasteiger partial charge is 0.338 e. The number of ether oxygens (including phenoxy) is 1. The molecular weight excluding hydrogens is 298 g/mol. The summed E-state index contributed by atoms with van der Waals surface area (Å²) in [5.41, 5.74) is 2.11. The Hall–Kier alpha value is -2.40. The van der Waals surface area contributed by atoms with Gasteiger partial charge in [0.1, 0.15) is 0 Å². The number of aryl methyl sites for hydroxylation is 1. The standard InChI is InChI=1S/C17H17NO3S/c1-3-21-17(20)13-5-4-6-14(11-13)18-16(19)8-7-15-12(2)9-10-22-15/h4-11H,3H2,1-2H3,(H,18,19)/b8-7+. The normalized spacial score (nSPS) is 10.6. The van der Waals surface area contributed by atoms with Gasteiger partial charge in [-0.25, -0.2) is 4.79 Å². The lowest BCUT2D eigenvalue weighted by atomic mass is 10.2. The number of anilines is 1. The number of nitrogens with one attached hydrogen (secondary N) is 1. The molecule has 1 aromatic carbocycles. The van der Waals surface area contributed by atoms with E-state index < -0.39 is 5.97 Å². The van der Waals surface area contributed by atoms with Gasteiger partial charge in [0.15, 0.2) is 0 Å². The van der Waals surface area contributed by atoms with E-state index >= 15 is 0 Å². The molecule has 1 amide bonds. The van der Waals surface area contributed by atoms with Crippen LogP contribution in [0.1, 0.15) is 27.7 Å². The number of carbonyl (C=O) groups is 2. The van der Waals surface area contributed by atoms with E-state index in [-0.39, 0.29) is 5.91 Å². The summed E-state index contributed by atoms with van der Waals surface area (Å²) in [6, 6.07) is 8.68. The highest BCUT2D eigenvalue weighted by atomic mass is 32.1. The van der Waals surface area contributed by atoms with Gasteiger partial charge in [0.25, 0.3) is 0 Å². The number of thiophene rings is 1. The summed E-state index contributed by atoms with van der Waals surface area (Å²) in [6.45, 7) is 4.07. The quantitative estimate of drug-likeness (QED) is 0.673.